The van der Waals surface area contributed by atoms with Crippen LogP contribution in [0.3, 0.4) is 0 Å². The Balaban J connectivity index is 0.000000623. The van der Waals surface area contributed by atoms with E-state index in [1.165, 1.54) is 0 Å². The molecule has 13 heteroatoms. The van der Waals surface area contributed by atoms with Crippen LogP contribution in [0.15, 0.2) is 48.5 Å². The number of aliphatic hydroxyl groups excluding tert-OH is 1. The fourth-order valence-electron chi connectivity index (χ4n) is 3.55. The van der Waals surface area contributed by atoms with Gasteiger partial charge in [-0.1, -0.05) is 73.5 Å². The van der Waals surface area contributed by atoms with Crippen LogP contribution in [0.1, 0.15) is 36.8 Å². The lowest BCUT2D eigenvalue weighted by atomic mass is 9.98. The van der Waals surface area contributed by atoms with Gasteiger partial charge in [0.05, 0.1) is 12.3 Å². The predicted octanol–water partition coefficient (Wildman–Crippen LogP) is 1.44. The van der Waals surface area contributed by atoms with E-state index in [-0.39, 0.29) is 6.61 Å². The molecule has 4 rings (SSSR count). The summed E-state index contributed by atoms with van der Waals surface area (Å²) >= 11 is 6.26. The van der Waals surface area contributed by atoms with E-state index in [4.69, 9.17) is 30.8 Å². The van der Waals surface area contributed by atoms with Crippen LogP contribution in [0.2, 0.25) is 5.15 Å². The van der Waals surface area contributed by atoms with Crippen LogP contribution in [0.5, 0.6) is 0 Å². The minimum atomic E-state index is -5.39. The average Bonchev–Trinajstić information content (AvgIpc) is 3.45. The summed E-state index contributed by atoms with van der Waals surface area (Å²) in [6, 6.07) is 16.3. The number of unbranched alkanes of at least 4 members (excludes halogenated alkanes) is 1. The first-order chi connectivity index (χ1) is 16.7. The quantitative estimate of drug-likeness (QED) is 0.327. The van der Waals surface area contributed by atoms with Gasteiger partial charge in [0, 0.05) is 18.5 Å². The summed E-state index contributed by atoms with van der Waals surface area (Å²) in [6.07, 6.45) is 2.95. The molecule has 0 aliphatic carbocycles. The highest BCUT2D eigenvalue weighted by Gasteiger charge is 2.16. The SMILES string of the molecule is CCCCc1nc(Cl)c(CO)n1Cc1ccc(-c2ccccc2-c2nn[nH]n2)cc1.O=P([O-])([O-])[O-]. The maximum Gasteiger partial charge on any atom is 0.205 e. The number of aliphatic hydroxyl groups is 1. The standard InChI is InChI=1S/C22H23ClN6O.H3O4P/c1-2-3-8-20-24-21(23)19(14-30)29(20)13-15-9-11-16(12-10-15)17-6-4-5-7-18(17)22-25-27-28-26-22;1-5(2,3)4/h4-7,9-12,30H,2-3,8,13-14H2,1H3,(H,25,26,27,28);(H3,1,2,3,4)/p-3. The maximum absolute atomic E-state index is 9.77. The van der Waals surface area contributed by atoms with Crippen molar-refractivity contribution in [3.05, 3.63) is 70.8 Å². The minimum absolute atomic E-state index is 0.131. The number of nitrogens with one attached hydrogen (secondary N) is 1. The molecule has 0 fully saturated rings. The van der Waals surface area contributed by atoms with Crippen molar-refractivity contribution in [1.82, 2.24) is 30.2 Å². The number of halogens is 1. The van der Waals surface area contributed by atoms with E-state index in [0.29, 0.717) is 23.2 Å². The molecule has 4 aromatic rings. The molecule has 186 valence electrons. The number of phosphoric acid groups is 1. The molecule has 0 saturated carbocycles. The molecular formula is C22H23ClN6O5P-3. The summed E-state index contributed by atoms with van der Waals surface area (Å²) in [5.74, 6) is 1.48. The molecular weight excluding hydrogens is 495 g/mol. The zero-order valence-electron chi connectivity index (χ0n) is 18.8. The number of hydrogen-bond acceptors (Lipinski definition) is 9. The van der Waals surface area contributed by atoms with E-state index in [2.05, 4.69) is 56.8 Å². The maximum atomic E-state index is 9.77. The summed E-state index contributed by atoms with van der Waals surface area (Å²) in [6.45, 7) is 2.63. The Morgan fingerprint density at radius 3 is 2.31 bits per heavy atom. The molecule has 35 heavy (non-hydrogen) atoms. The van der Waals surface area contributed by atoms with Crippen LogP contribution in [0.4, 0.5) is 0 Å². The van der Waals surface area contributed by atoms with Crippen molar-refractivity contribution in [2.75, 3.05) is 0 Å². The van der Waals surface area contributed by atoms with E-state index in [9.17, 15) is 5.11 Å². The van der Waals surface area contributed by atoms with Gasteiger partial charge in [0.15, 0.2) is 5.15 Å². The second-order valence-corrected chi connectivity index (χ2v) is 8.79. The van der Waals surface area contributed by atoms with Crippen molar-refractivity contribution in [1.29, 1.82) is 0 Å². The molecule has 0 radical (unpaired) electrons. The highest BCUT2D eigenvalue weighted by molar-refractivity contribution is 7.40. The van der Waals surface area contributed by atoms with Crippen LogP contribution in [-0.4, -0.2) is 35.3 Å². The normalized spacial score (nSPS) is 11.3. The van der Waals surface area contributed by atoms with Crippen molar-refractivity contribution < 1.29 is 24.4 Å². The van der Waals surface area contributed by atoms with Crippen LogP contribution in [0, 0.1) is 0 Å². The molecule has 0 saturated heterocycles. The third kappa shape index (κ3) is 7.53. The van der Waals surface area contributed by atoms with Gasteiger partial charge in [0.25, 0.3) is 0 Å². The lowest BCUT2D eigenvalue weighted by Gasteiger charge is -2.36. The molecule has 0 aliphatic rings. The number of imidazole rings is 1. The van der Waals surface area contributed by atoms with Gasteiger partial charge < -0.3 is 28.9 Å². The highest BCUT2D eigenvalue weighted by Crippen LogP contribution is 2.30. The average molecular weight is 518 g/mol. The van der Waals surface area contributed by atoms with Gasteiger partial charge in [-0.25, -0.2) is 4.98 Å². The number of aromatic nitrogens is 6. The zero-order chi connectivity index (χ0) is 25.4. The molecule has 2 N–H and O–H groups in total. The number of aromatic amines is 1. The number of nitrogens with zero attached hydrogens (tertiary/aromatic N) is 5. The van der Waals surface area contributed by atoms with Gasteiger partial charge in [0.1, 0.15) is 5.82 Å². The van der Waals surface area contributed by atoms with Gasteiger partial charge in [-0.05, 0) is 28.3 Å². The second kappa shape index (κ2) is 12.2. The second-order valence-electron chi connectivity index (χ2n) is 7.54. The van der Waals surface area contributed by atoms with E-state index < -0.39 is 7.82 Å². The Kier molecular flexibility index (Phi) is 9.27. The van der Waals surface area contributed by atoms with Crippen molar-refractivity contribution in [2.24, 2.45) is 0 Å². The monoisotopic (exact) mass is 517 g/mol. The van der Waals surface area contributed by atoms with Gasteiger partial charge in [-0.15, -0.1) is 10.2 Å². The van der Waals surface area contributed by atoms with Crippen molar-refractivity contribution in [3.63, 3.8) is 0 Å². The Hall–Kier alpha value is -2.92. The molecule has 2 heterocycles. The first-order valence-electron chi connectivity index (χ1n) is 10.7. The van der Waals surface area contributed by atoms with Gasteiger partial charge in [0.2, 0.25) is 5.82 Å². The molecule has 0 unspecified atom stereocenters. The zero-order valence-corrected chi connectivity index (χ0v) is 20.4. The Labute approximate surface area is 206 Å². The van der Waals surface area contributed by atoms with Crippen molar-refractivity contribution >= 4 is 19.4 Å². The van der Waals surface area contributed by atoms with E-state index in [1.54, 1.807) is 0 Å². The van der Waals surface area contributed by atoms with Crippen molar-refractivity contribution in [2.45, 2.75) is 39.3 Å². The summed E-state index contributed by atoms with van der Waals surface area (Å²) in [5, 5.41) is 24.5. The number of hydrogen-bond donors (Lipinski definition) is 2. The number of aryl methyl sites for hydroxylation is 1. The molecule has 0 spiro atoms. The largest absolute Gasteiger partial charge is 0.822 e. The first kappa shape index (κ1) is 26.7. The molecule has 0 bridgehead atoms. The molecule has 0 atom stereocenters. The number of tetrazole rings is 1. The topological polar surface area (TPSA) is 179 Å². The minimum Gasteiger partial charge on any atom is -0.822 e. The Bertz CT molecular complexity index is 1270. The predicted molar refractivity (Wildman–Crippen MR) is 124 cm³/mol. The van der Waals surface area contributed by atoms with Gasteiger partial charge >= 0.3 is 0 Å². The molecule has 0 amide bonds. The summed E-state index contributed by atoms with van der Waals surface area (Å²) in [5.41, 5.74) is 4.80. The Morgan fingerprint density at radius 2 is 1.74 bits per heavy atom. The lowest BCUT2D eigenvalue weighted by molar-refractivity contribution is -0.432. The number of rotatable bonds is 8. The van der Waals surface area contributed by atoms with E-state index in [0.717, 1.165) is 47.3 Å². The summed E-state index contributed by atoms with van der Waals surface area (Å²) in [4.78, 5) is 30.1. The smallest absolute Gasteiger partial charge is 0.205 e. The molecule has 2 aromatic heterocycles. The first-order valence-corrected chi connectivity index (χ1v) is 12.5. The van der Waals surface area contributed by atoms with Gasteiger partial charge in [-0.2, -0.15) is 13.0 Å². The molecule has 0 aliphatic heterocycles. The molecule has 2 aromatic carbocycles. The fraction of sp³-hybridized carbons (Fsp3) is 0.273. The van der Waals surface area contributed by atoms with E-state index in [1.807, 2.05) is 28.8 Å². The van der Waals surface area contributed by atoms with Gasteiger partial charge in [-0.3, -0.25) is 0 Å². The Morgan fingerprint density at radius 1 is 1.09 bits per heavy atom. The summed E-state index contributed by atoms with van der Waals surface area (Å²) in [7, 11) is -5.39. The van der Waals surface area contributed by atoms with Crippen LogP contribution >= 0.6 is 19.4 Å². The van der Waals surface area contributed by atoms with Crippen molar-refractivity contribution in [3.8, 4) is 22.5 Å². The van der Waals surface area contributed by atoms with Crippen LogP contribution < -0.4 is 14.7 Å². The lowest BCUT2D eigenvalue weighted by Crippen LogP contribution is -2.24. The third-order valence-corrected chi connectivity index (χ3v) is 5.43. The van der Waals surface area contributed by atoms with Crippen LogP contribution in [-0.2, 0) is 24.1 Å². The third-order valence-electron chi connectivity index (χ3n) is 5.13. The number of H-pyrrole nitrogens is 1. The molecule has 11 nitrogen and oxygen atoms in total. The fourth-order valence-corrected chi connectivity index (χ4v) is 3.81. The highest BCUT2D eigenvalue weighted by atomic mass is 35.5. The van der Waals surface area contributed by atoms with E-state index >= 15 is 0 Å². The number of benzene rings is 2. The summed E-state index contributed by atoms with van der Waals surface area (Å²) < 4.78 is 10.6. The van der Waals surface area contributed by atoms with Crippen LogP contribution in [0.25, 0.3) is 22.5 Å².